The van der Waals surface area contributed by atoms with Crippen LogP contribution in [0.2, 0.25) is 0 Å². The Labute approximate surface area is 125 Å². The van der Waals surface area contributed by atoms with Gasteiger partial charge in [-0.15, -0.1) is 0 Å². The van der Waals surface area contributed by atoms with E-state index in [1.807, 2.05) is 6.92 Å². The van der Waals surface area contributed by atoms with Crippen LogP contribution in [0, 0.1) is 22.0 Å². The van der Waals surface area contributed by atoms with Gasteiger partial charge in [-0.25, -0.2) is 4.98 Å². The Bertz CT molecular complexity index is 496. The maximum Gasteiger partial charge on any atom is 0.276 e. The molecule has 0 bridgehead atoms. The molecule has 1 aliphatic rings. The zero-order chi connectivity index (χ0) is 15.4. The molecule has 0 saturated heterocycles. The average Bonchev–Trinajstić information content (AvgIpc) is 2.37. The maximum absolute atomic E-state index is 11.0. The van der Waals surface area contributed by atoms with Crippen molar-refractivity contribution in [2.75, 3.05) is 17.2 Å². The minimum atomic E-state index is -0.375. The summed E-state index contributed by atoms with van der Waals surface area (Å²) in [5.74, 6) is 2.49. The molecular formula is C15H24N4O2. The van der Waals surface area contributed by atoms with Crippen molar-refractivity contribution < 1.29 is 4.92 Å². The highest BCUT2D eigenvalue weighted by molar-refractivity contribution is 5.55. The Hall–Kier alpha value is -1.85. The first-order valence-electron chi connectivity index (χ1n) is 7.64. The lowest BCUT2D eigenvalue weighted by Crippen LogP contribution is -2.30. The molecule has 0 spiro atoms. The fourth-order valence-electron chi connectivity index (χ4n) is 3.24. The monoisotopic (exact) mass is 292 g/mol. The molecule has 116 valence electrons. The highest BCUT2D eigenvalue weighted by Crippen LogP contribution is 2.31. The van der Waals surface area contributed by atoms with Crippen molar-refractivity contribution in [3.05, 3.63) is 22.2 Å². The third-order valence-corrected chi connectivity index (χ3v) is 3.91. The van der Waals surface area contributed by atoms with Crippen molar-refractivity contribution in [2.24, 2.45) is 11.8 Å². The second kappa shape index (κ2) is 6.74. The Balaban J connectivity index is 2.16. The summed E-state index contributed by atoms with van der Waals surface area (Å²) in [5, 5.41) is 17.5. The van der Waals surface area contributed by atoms with E-state index in [-0.39, 0.29) is 10.6 Å². The van der Waals surface area contributed by atoms with E-state index in [9.17, 15) is 10.1 Å². The minimum Gasteiger partial charge on any atom is -0.370 e. The van der Waals surface area contributed by atoms with Crippen molar-refractivity contribution >= 4 is 17.3 Å². The summed E-state index contributed by atoms with van der Waals surface area (Å²) in [7, 11) is 0. The first kappa shape index (κ1) is 15.5. The molecule has 1 heterocycles. The summed E-state index contributed by atoms with van der Waals surface area (Å²) in [6.07, 6.45) is 3.43. The molecule has 1 saturated carbocycles. The maximum atomic E-state index is 11.0. The zero-order valence-electron chi connectivity index (χ0n) is 12.9. The molecule has 1 aromatic rings. The van der Waals surface area contributed by atoms with Gasteiger partial charge in [0.15, 0.2) is 0 Å². The number of hydrogen-bond donors (Lipinski definition) is 2. The van der Waals surface area contributed by atoms with Gasteiger partial charge in [0, 0.05) is 12.6 Å². The topological polar surface area (TPSA) is 80.1 Å². The molecule has 1 aromatic heterocycles. The summed E-state index contributed by atoms with van der Waals surface area (Å²) in [6.45, 7) is 7.15. The van der Waals surface area contributed by atoms with E-state index in [1.54, 1.807) is 0 Å². The molecule has 21 heavy (non-hydrogen) atoms. The van der Waals surface area contributed by atoms with Gasteiger partial charge in [0.1, 0.15) is 11.6 Å². The van der Waals surface area contributed by atoms with Crippen molar-refractivity contribution in [1.82, 2.24) is 4.98 Å². The van der Waals surface area contributed by atoms with Gasteiger partial charge in [-0.05, 0) is 38.0 Å². The number of nitrogens with one attached hydrogen (secondary N) is 2. The number of rotatable bonds is 5. The summed E-state index contributed by atoms with van der Waals surface area (Å²) in [4.78, 5) is 15.1. The SMILES string of the molecule is CCNc1cc([N+](=O)[O-])cc(NC2CC(C)CC(C)C2)n1. The zero-order valence-corrected chi connectivity index (χ0v) is 12.9. The van der Waals surface area contributed by atoms with Crippen LogP contribution in [0.5, 0.6) is 0 Å². The van der Waals surface area contributed by atoms with Crippen LogP contribution in [0.25, 0.3) is 0 Å². The van der Waals surface area contributed by atoms with E-state index in [2.05, 4.69) is 29.5 Å². The lowest BCUT2D eigenvalue weighted by Gasteiger charge is -2.32. The van der Waals surface area contributed by atoms with Gasteiger partial charge >= 0.3 is 0 Å². The number of anilines is 2. The number of nitrogens with zero attached hydrogens (tertiary/aromatic N) is 2. The number of aromatic nitrogens is 1. The lowest BCUT2D eigenvalue weighted by atomic mass is 9.80. The van der Waals surface area contributed by atoms with E-state index in [0.717, 1.165) is 12.8 Å². The summed E-state index contributed by atoms with van der Waals surface area (Å²) >= 11 is 0. The summed E-state index contributed by atoms with van der Waals surface area (Å²) in [6, 6.07) is 3.33. The number of hydrogen-bond acceptors (Lipinski definition) is 5. The Kier molecular flexibility index (Phi) is 4.98. The summed E-state index contributed by atoms with van der Waals surface area (Å²) < 4.78 is 0. The van der Waals surface area contributed by atoms with Crippen LogP contribution in [0.3, 0.4) is 0 Å². The van der Waals surface area contributed by atoms with E-state index < -0.39 is 0 Å². The van der Waals surface area contributed by atoms with Gasteiger partial charge < -0.3 is 10.6 Å². The predicted octanol–water partition coefficient (Wildman–Crippen LogP) is 3.66. The van der Waals surface area contributed by atoms with E-state index in [1.165, 1.54) is 18.6 Å². The first-order valence-corrected chi connectivity index (χ1v) is 7.64. The second-order valence-corrected chi connectivity index (χ2v) is 6.14. The first-order chi connectivity index (χ1) is 9.97. The quantitative estimate of drug-likeness (QED) is 0.639. The van der Waals surface area contributed by atoms with Crippen LogP contribution in [-0.4, -0.2) is 22.5 Å². The van der Waals surface area contributed by atoms with Gasteiger partial charge in [0.2, 0.25) is 0 Å². The van der Waals surface area contributed by atoms with E-state index in [0.29, 0.717) is 36.1 Å². The highest BCUT2D eigenvalue weighted by Gasteiger charge is 2.24. The van der Waals surface area contributed by atoms with Crippen molar-refractivity contribution in [2.45, 2.75) is 46.1 Å². The molecule has 0 radical (unpaired) electrons. The van der Waals surface area contributed by atoms with Gasteiger partial charge in [0.05, 0.1) is 17.1 Å². The van der Waals surface area contributed by atoms with Crippen LogP contribution >= 0.6 is 0 Å². The molecule has 2 atom stereocenters. The smallest absolute Gasteiger partial charge is 0.276 e. The minimum absolute atomic E-state index is 0.0698. The van der Waals surface area contributed by atoms with Crippen LogP contribution in [0.1, 0.15) is 40.0 Å². The molecule has 1 fully saturated rings. The predicted molar refractivity (Wildman–Crippen MR) is 84.6 cm³/mol. The third-order valence-electron chi connectivity index (χ3n) is 3.91. The number of pyridine rings is 1. The molecule has 2 unspecified atom stereocenters. The third kappa shape index (κ3) is 4.31. The lowest BCUT2D eigenvalue weighted by molar-refractivity contribution is -0.384. The fraction of sp³-hybridized carbons (Fsp3) is 0.667. The molecular weight excluding hydrogens is 268 g/mol. The second-order valence-electron chi connectivity index (χ2n) is 6.14. The fourth-order valence-corrected chi connectivity index (χ4v) is 3.24. The molecule has 1 aliphatic carbocycles. The van der Waals surface area contributed by atoms with Gasteiger partial charge in [-0.3, -0.25) is 10.1 Å². The van der Waals surface area contributed by atoms with Crippen LogP contribution in [-0.2, 0) is 0 Å². The van der Waals surface area contributed by atoms with Crippen molar-refractivity contribution in [1.29, 1.82) is 0 Å². The average molecular weight is 292 g/mol. The van der Waals surface area contributed by atoms with Crippen molar-refractivity contribution in [3.8, 4) is 0 Å². The van der Waals surface area contributed by atoms with Gasteiger partial charge in [-0.2, -0.15) is 0 Å². The van der Waals surface area contributed by atoms with Crippen LogP contribution < -0.4 is 10.6 Å². The summed E-state index contributed by atoms with van der Waals surface area (Å²) in [5.41, 5.74) is 0.0698. The van der Waals surface area contributed by atoms with Crippen LogP contribution in [0.4, 0.5) is 17.3 Å². The molecule has 2 rings (SSSR count). The molecule has 2 N–H and O–H groups in total. The Morgan fingerprint density at radius 2 is 1.86 bits per heavy atom. The molecule has 6 nitrogen and oxygen atoms in total. The molecule has 0 aliphatic heterocycles. The molecule has 0 aromatic carbocycles. The Morgan fingerprint density at radius 3 is 2.43 bits per heavy atom. The molecule has 6 heteroatoms. The van der Waals surface area contributed by atoms with Crippen molar-refractivity contribution in [3.63, 3.8) is 0 Å². The van der Waals surface area contributed by atoms with Gasteiger partial charge in [0.25, 0.3) is 5.69 Å². The Morgan fingerprint density at radius 1 is 1.24 bits per heavy atom. The highest BCUT2D eigenvalue weighted by atomic mass is 16.6. The van der Waals surface area contributed by atoms with Crippen LogP contribution in [0.15, 0.2) is 12.1 Å². The normalized spacial score (nSPS) is 25.4. The van der Waals surface area contributed by atoms with Gasteiger partial charge in [-0.1, -0.05) is 13.8 Å². The largest absolute Gasteiger partial charge is 0.370 e. The standard InChI is InChI=1S/C15H24N4O2/c1-4-16-14-8-13(19(20)21)9-15(18-14)17-12-6-10(2)5-11(3)7-12/h8-12H,4-7H2,1-3H3,(H2,16,17,18). The van der Waals surface area contributed by atoms with E-state index >= 15 is 0 Å². The van der Waals surface area contributed by atoms with E-state index in [4.69, 9.17) is 0 Å². The number of nitro groups is 1. The molecule has 0 amide bonds.